The lowest BCUT2D eigenvalue weighted by molar-refractivity contribution is 0.101. The van der Waals surface area contributed by atoms with Gasteiger partial charge in [0.2, 0.25) is 0 Å². The minimum absolute atomic E-state index is 0.177. The van der Waals surface area contributed by atoms with Crippen LogP contribution in [0.5, 0.6) is 0 Å². The molecule has 0 saturated heterocycles. The molecule has 0 saturated carbocycles. The fourth-order valence-corrected chi connectivity index (χ4v) is 3.35. The summed E-state index contributed by atoms with van der Waals surface area (Å²) in [6.45, 7) is 2.52. The maximum atomic E-state index is 12.7. The number of nitrogens with one attached hydrogen (secondary N) is 1. The van der Waals surface area contributed by atoms with Crippen LogP contribution >= 0.6 is 34.8 Å². The van der Waals surface area contributed by atoms with Gasteiger partial charge in [-0.2, -0.15) is 10.2 Å². The van der Waals surface area contributed by atoms with E-state index in [-0.39, 0.29) is 5.69 Å². The van der Waals surface area contributed by atoms with Crippen LogP contribution in [0, 0.1) is 6.92 Å². The monoisotopic (exact) mass is 464 g/mol. The van der Waals surface area contributed by atoms with Crippen molar-refractivity contribution in [2.24, 2.45) is 0 Å². The van der Waals surface area contributed by atoms with E-state index in [1.807, 2.05) is 6.07 Å². The zero-order valence-corrected chi connectivity index (χ0v) is 17.9. The molecule has 0 radical (unpaired) electrons. The van der Waals surface area contributed by atoms with Crippen molar-refractivity contribution in [1.29, 1.82) is 0 Å². The van der Waals surface area contributed by atoms with Gasteiger partial charge in [0.15, 0.2) is 5.69 Å². The fraction of sp³-hybridized carbons (Fsp3) is 0.158. The van der Waals surface area contributed by atoms with Gasteiger partial charge in [0, 0.05) is 18.0 Å². The lowest BCUT2D eigenvalue weighted by Gasteiger charge is -2.04. The van der Waals surface area contributed by atoms with Crippen molar-refractivity contribution in [2.75, 3.05) is 5.32 Å². The average Bonchev–Trinajstić information content (AvgIpc) is 3.41. The molecular weight excluding hydrogens is 451 g/mol. The number of anilines is 1. The Hall–Kier alpha value is -2.81. The van der Waals surface area contributed by atoms with E-state index in [1.165, 1.54) is 6.20 Å². The molecule has 3 aromatic heterocycles. The summed E-state index contributed by atoms with van der Waals surface area (Å²) >= 11 is 17.9. The molecule has 4 aromatic rings. The van der Waals surface area contributed by atoms with Crippen LogP contribution in [0.2, 0.25) is 15.1 Å². The molecule has 0 aliphatic heterocycles. The highest BCUT2D eigenvalue weighted by molar-refractivity contribution is 6.42. The normalized spacial score (nSPS) is 11.1. The molecule has 1 N–H and O–H groups in total. The Kier molecular flexibility index (Phi) is 5.80. The summed E-state index contributed by atoms with van der Waals surface area (Å²) in [4.78, 5) is 12.7. The first-order valence-electron chi connectivity index (χ1n) is 8.80. The van der Waals surface area contributed by atoms with Crippen LogP contribution in [-0.4, -0.2) is 30.6 Å². The predicted molar refractivity (Wildman–Crippen MR) is 113 cm³/mol. The molecule has 30 heavy (non-hydrogen) atoms. The van der Waals surface area contributed by atoms with Gasteiger partial charge in [-0.15, -0.1) is 0 Å². The van der Waals surface area contributed by atoms with Gasteiger partial charge in [0.25, 0.3) is 5.91 Å². The second kappa shape index (κ2) is 8.51. The number of rotatable bonds is 6. The number of aryl methyl sites for hydroxylation is 1. The number of benzene rings is 1. The Morgan fingerprint density at radius 3 is 2.57 bits per heavy atom. The summed E-state index contributed by atoms with van der Waals surface area (Å²) in [5.74, 6) is 0.122. The van der Waals surface area contributed by atoms with Gasteiger partial charge in [-0.25, -0.2) is 0 Å². The van der Waals surface area contributed by atoms with Crippen molar-refractivity contribution < 1.29 is 9.32 Å². The molecule has 154 valence electrons. The molecule has 0 fully saturated rings. The van der Waals surface area contributed by atoms with Gasteiger partial charge in [-0.05, 0) is 24.6 Å². The van der Waals surface area contributed by atoms with Crippen molar-refractivity contribution >= 4 is 46.4 Å². The van der Waals surface area contributed by atoms with E-state index in [9.17, 15) is 4.79 Å². The van der Waals surface area contributed by atoms with Crippen molar-refractivity contribution in [2.45, 2.75) is 20.0 Å². The van der Waals surface area contributed by atoms with Gasteiger partial charge in [-0.3, -0.25) is 14.2 Å². The topological polar surface area (TPSA) is 90.8 Å². The van der Waals surface area contributed by atoms with Crippen molar-refractivity contribution in [3.8, 4) is 0 Å². The van der Waals surface area contributed by atoms with Crippen LogP contribution in [0.1, 0.15) is 27.4 Å². The molecule has 0 aliphatic carbocycles. The predicted octanol–water partition coefficient (Wildman–Crippen LogP) is 4.69. The number of halogens is 3. The standard InChI is InChI=1S/C19H15Cl3N6O2/c1-11-15(10-28-8-13(20)5-23-28)18(26-30-11)19(29)25-14-6-24-27(9-14)7-12-2-3-16(21)17(22)4-12/h2-6,8-9H,7,10H2,1H3,(H,25,29). The third-order valence-electron chi connectivity index (χ3n) is 4.34. The SMILES string of the molecule is Cc1onc(C(=O)Nc2cnn(Cc3ccc(Cl)c(Cl)c3)c2)c1Cn1cc(Cl)cn1. The summed E-state index contributed by atoms with van der Waals surface area (Å²) in [5.41, 5.74) is 2.25. The summed E-state index contributed by atoms with van der Waals surface area (Å²) in [6, 6.07) is 5.36. The van der Waals surface area contributed by atoms with Crippen LogP contribution in [0.15, 0.2) is 47.5 Å². The quantitative estimate of drug-likeness (QED) is 0.446. The number of nitrogens with zero attached hydrogens (tertiary/aromatic N) is 5. The molecule has 1 aromatic carbocycles. The van der Waals surface area contributed by atoms with E-state index in [0.29, 0.717) is 45.2 Å². The lowest BCUT2D eigenvalue weighted by atomic mass is 10.2. The smallest absolute Gasteiger partial charge is 0.278 e. The Labute approximate surface area is 186 Å². The number of carbonyl (C=O) groups excluding carboxylic acids is 1. The zero-order valence-electron chi connectivity index (χ0n) is 15.6. The van der Waals surface area contributed by atoms with Gasteiger partial charge in [0.05, 0.1) is 46.2 Å². The number of carbonyl (C=O) groups is 1. The summed E-state index contributed by atoms with van der Waals surface area (Å²) < 4.78 is 8.49. The first-order valence-corrected chi connectivity index (χ1v) is 9.93. The molecule has 0 spiro atoms. The highest BCUT2D eigenvalue weighted by Gasteiger charge is 2.21. The van der Waals surface area contributed by atoms with Crippen LogP contribution in [0.4, 0.5) is 5.69 Å². The summed E-state index contributed by atoms with van der Waals surface area (Å²) in [6.07, 6.45) is 6.44. The maximum absolute atomic E-state index is 12.7. The first-order chi connectivity index (χ1) is 14.4. The Balaban J connectivity index is 1.46. The Morgan fingerprint density at radius 1 is 1.07 bits per heavy atom. The van der Waals surface area contributed by atoms with E-state index < -0.39 is 5.91 Å². The van der Waals surface area contributed by atoms with E-state index in [1.54, 1.807) is 47.0 Å². The Morgan fingerprint density at radius 2 is 1.83 bits per heavy atom. The number of hydrogen-bond acceptors (Lipinski definition) is 5. The maximum Gasteiger partial charge on any atom is 0.278 e. The van der Waals surface area contributed by atoms with Gasteiger partial charge in [0.1, 0.15) is 5.76 Å². The molecule has 11 heteroatoms. The van der Waals surface area contributed by atoms with E-state index in [4.69, 9.17) is 39.3 Å². The fourth-order valence-electron chi connectivity index (χ4n) is 2.87. The lowest BCUT2D eigenvalue weighted by Crippen LogP contribution is -2.15. The van der Waals surface area contributed by atoms with Gasteiger partial charge in [-0.1, -0.05) is 46.0 Å². The van der Waals surface area contributed by atoms with Crippen LogP contribution in [0.3, 0.4) is 0 Å². The third-order valence-corrected chi connectivity index (χ3v) is 5.28. The second-order valence-electron chi connectivity index (χ2n) is 6.55. The van der Waals surface area contributed by atoms with Crippen LogP contribution in [0.25, 0.3) is 0 Å². The summed E-state index contributed by atoms with van der Waals surface area (Å²) in [5, 5.41) is 16.5. The molecule has 0 atom stereocenters. The van der Waals surface area contributed by atoms with Gasteiger partial charge < -0.3 is 9.84 Å². The van der Waals surface area contributed by atoms with Crippen molar-refractivity contribution in [1.82, 2.24) is 24.7 Å². The summed E-state index contributed by atoms with van der Waals surface area (Å²) in [7, 11) is 0. The molecule has 4 rings (SSSR count). The molecule has 0 aliphatic rings. The second-order valence-corrected chi connectivity index (χ2v) is 7.80. The third kappa shape index (κ3) is 4.51. The molecular formula is C19H15Cl3N6O2. The number of aromatic nitrogens is 5. The van der Waals surface area contributed by atoms with Crippen LogP contribution < -0.4 is 5.32 Å². The molecule has 3 heterocycles. The van der Waals surface area contributed by atoms with Crippen molar-refractivity contribution in [3.05, 3.63) is 80.6 Å². The molecule has 1 amide bonds. The minimum atomic E-state index is -0.408. The van der Waals surface area contributed by atoms with Gasteiger partial charge >= 0.3 is 0 Å². The Bertz CT molecular complexity index is 1210. The highest BCUT2D eigenvalue weighted by atomic mass is 35.5. The van der Waals surface area contributed by atoms with Crippen molar-refractivity contribution in [3.63, 3.8) is 0 Å². The number of amides is 1. The van der Waals surface area contributed by atoms with E-state index in [0.717, 1.165) is 5.56 Å². The molecule has 0 unspecified atom stereocenters. The molecule has 0 bridgehead atoms. The molecule has 8 nitrogen and oxygen atoms in total. The highest BCUT2D eigenvalue weighted by Crippen LogP contribution is 2.23. The largest absolute Gasteiger partial charge is 0.361 e. The average molecular weight is 466 g/mol. The van der Waals surface area contributed by atoms with Crippen LogP contribution in [-0.2, 0) is 13.1 Å². The first kappa shape index (κ1) is 20.5. The zero-order chi connectivity index (χ0) is 21.3. The number of hydrogen-bond donors (Lipinski definition) is 1. The van der Waals surface area contributed by atoms with E-state index in [2.05, 4.69) is 20.7 Å². The van der Waals surface area contributed by atoms with E-state index >= 15 is 0 Å². The minimum Gasteiger partial charge on any atom is -0.361 e.